The Hall–Kier alpha value is -3.87. The van der Waals surface area contributed by atoms with Gasteiger partial charge in [0.05, 0.1) is 17.8 Å². The predicted molar refractivity (Wildman–Crippen MR) is 164 cm³/mol. The van der Waals surface area contributed by atoms with Crippen LogP contribution in [-0.4, -0.2) is 77.4 Å². The topological polar surface area (TPSA) is 148 Å². The summed E-state index contributed by atoms with van der Waals surface area (Å²) >= 11 is 0. The van der Waals surface area contributed by atoms with E-state index in [4.69, 9.17) is 19.2 Å². The lowest BCUT2D eigenvalue weighted by atomic mass is 10.0. The molecule has 238 valence electrons. The Bertz CT molecular complexity index is 1410. The third-order valence-corrected chi connectivity index (χ3v) is 7.57. The highest BCUT2D eigenvalue weighted by molar-refractivity contribution is 5.92. The van der Waals surface area contributed by atoms with Crippen molar-refractivity contribution < 1.29 is 33.4 Å². The molecule has 2 aliphatic rings. The number of fused-ring (bicyclic) bond motifs is 4. The molecular formula is C32H43N5O7. The highest BCUT2D eigenvalue weighted by atomic mass is 16.7. The first-order valence-electron chi connectivity index (χ1n) is 15.1. The lowest BCUT2D eigenvalue weighted by Crippen LogP contribution is -2.61. The second-order valence-electron chi connectivity index (χ2n) is 12.0. The molecule has 0 spiro atoms. The second kappa shape index (κ2) is 14.3. The smallest absolute Gasteiger partial charge is 0.325 e. The molecular weight excluding hydrogens is 566 g/mol. The van der Waals surface area contributed by atoms with Crippen LogP contribution in [0.2, 0.25) is 0 Å². The van der Waals surface area contributed by atoms with E-state index in [0.717, 1.165) is 16.5 Å². The van der Waals surface area contributed by atoms with E-state index in [9.17, 15) is 19.2 Å². The number of esters is 1. The van der Waals surface area contributed by atoms with Gasteiger partial charge in [-0.2, -0.15) is 0 Å². The molecule has 3 heterocycles. The van der Waals surface area contributed by atoms with Crippen molar-refractivity contribution in [2.45, 2.75) is 84.4 Å². The van der Waals surface area contributed by atoms with Crippen molar-refractivity contribution in [3.05, 3.63) is 47.7 Å². The maximum Gasteiger partial charge on any atom is 0.325 e. The van der Waals surface area contributed by atoms with E-state index in [2.05, 4.69) is 16.1 Å². The first-order valence-corrected chi connectivity index (χ1v) is 15.1. The minimum atomic E-state index is -1.07. The van der Waals surface area contributed by atoms with Crippen molar-refractivity contribution in [1.29, 1.82) is 0 Å². The van der Waals surface area contributed by atoms with E-state index in [1.54, 1.807) is 41.5 Å². The maximum atomic E-state index is 13.3. The van der Waals surface area contributed by atoms with Gasteiger partial charge in [0.1, 0.15) is 30.8 Å². The molecule has 12 nitrogen and oxygen atoms in total. The number of amides is 3. The average Bonchev–Trinajstić information content (AvgIpc) is 2.99. The van der Waals surface area contributed by atoms with Crippen molar-refractivity contribution in [3.63, 3.8) is 0 Å². The number of hydrogen-bond donors (Lipinski definition) is 3. The van der Waals surface area contributed by atoms with Gasteiger partial charge < -0.3 is 24.8 Å². The molecule has 1 saturated heterocycles. The molecule has 0 aliphatic carbocycles. The number of rotatable bonds is 1. The summed E-state index contributed by atoms with van der Waals surface area (Å²) in [5.41, 5.74) is 5.22. The molecule has 1 fully saturated rings. The predicted octanol–water partition coefficient (Wildman–Crippen LogP) is 2.78. The van der Waals surface area contributed by atoms with E-state index in [1.807, 2.05) is 42.5 Å². The van der Waals surface area contributed by atoms with Crippen LogP contribution in [0.3, 0.4) is 0 Å². The highest BCUT2D eigenvalue weighted by Gasteiger charge is 2.34. The van der Waals surface area contributed by atoms with Crippen LogP contribution in [0.1, 0.15) is 71.7 Å². The number of nitrogens with zero attached hydrogens (tertiary/aromatic N) is 2. The number of hydrazine groups is 1. The molecule has 1 aromatic heterocycles. The number of benzene rings is 1. The Morgan fingerprint density at radius 2 is 1.77 bits per heavy atom. The van der Waals surface area contributed by atoms with Gasteiger partial charge in [0.25, 0.3) is 5.91 Å². The molecule has 3 N–H and O–H groups in total. The molecule has 2 aliphatic heterocycles. The number of nitrogens with one attached hydrogen (secondary N) is 3. The normalized spacial score (nSPS) is 26.9. The summed E-state index contributed by atoms with van der Waals surface area (Å²) in [6.45, 7) is 10.6. The zero-order valence-corrected chi connectivity index (χ0v) is 26.2. The molecule has 1 aromatic carbocycles. The Kier molecular flexibility index (Phi) is 10.7. The van der Waals surface area contributed by atoms with Gasteiger partial charge in [0, 0.05) is 11.9 Å². The minimum Gasteiger partial charge on any atom is -0.455 e. The fourth-order valence-corrected chi connectivity index (χ4v) is 4.97. The molecule has 0 unspecified atom stereocenters. The number of pyridine rings is 1. The van der Waals surface area contributed by atoms with E-state index in [1.165, 1.54) is 5.01 Å². The van der Waals surface area contributed by atoms with Crippen LogP contribution in [0.25, 0.3) is 17.0 Å². The monoisotopic (exact) mass is 609 g/mol. The zero-order chi connectivity index (χ0) is 32.0. The summed E-state index contributed by atoms with van der Waals surface area (Å²) in [6, 6.07) is 7.07. The molecule has 0 radical (unpaired) electrons. The van der Waals surface area contributed by atoms with Gasteiger partial charge in [0.2, 0.25) is 11.8 Å². The largest absolute Gasteiger partial charge is 0.455 e. The van der Waals surface area contributed by atoms with Crippen LogP contribution >= 0.6 is 0 Å². The fourth-order valence-electron chi connectivity index (χ4n) is 4.97. The second-order valence-corrected chi connectivity index (χ2v) is 12.0. The third-order valence-electron chi connectivity index (χ3n) is 7.57. The van der Waals surface area contributed by atoms with Crippen LogP contribution < -0.4 is 16.1 Å². The Morgan fingerprint density at radius 3 is 2.52 bits per heavy atom. The Morgan fingerprint density at radius 1 is 1.02 bits per heavy atom. The first kappa shape index (κ1) is 33.0. The van der Waals surface area contributed by atoms with E-state index in [0.29, 0.717) is 25.1 Å². The van der Waals surface area contributed by atoms with Gasteiger partial charge in [-0.1, -0.05) is 44.2 Å². The molecule has 4 atom stereocenters. The average molecular weight is 610 g/mol. The summed E-state index contributed by atoms with van der Waals surface area (Å²) in [4.78, 5) is 57.0. The Labute approximate surface area is 257 Å². The van der Waals surface area contributed by atoms with E-state index in [-0.39, 0.29) is 19.1 Å². The quantitative estimate of drug-likeness (QED) is 0.415. The van der Waals surface area contributed by atoms with E-state index < -0.39 is 53.7 Å². The summed E-state index contributed by atoms with van der Waals surface area (Å²) in [5.74, 6) is -3.24. The van der Waals surface area contributed by atoms with Gasteiger partial charge >= 0.3 is 5.97 Å². The first-order chi connectivity index (χ1) is 20.8. The molecule has 0 saturated carbocycles. The maximum absolute atomic E-state index is 13.3. The molecule has 5 bridgehead atoms. The zero-order valence-electron chi connectivity index (χ0n) is 26.2. The van der Waals surface area contributed by atoms with E-state index >= 15 is 0 Å². The third kappa shape index (κ3) is 8.61. The summed E-state index contributed by atoms with van der Waals surface area (Å²) in [5, 5.41) is 7.68. The summed E-state index contributed by atoms with van der Waals surface area (Å²) in [7, 11) is 0. The molecule has 3 amide bonds. The van der Waals surface area contributed by atoms with Crippen molar-refractivity contribution in [1.82, 2.24) is 26.1 Å². The van der Waals surface area contributed by atoms with Gasteiger partial charge in [-0.3, -0.25) is 24.2 Å². The fraction of sp³-hybridized carbons (Fsp3) is 0.531. The van der Waals surface area contributed by atoms with Crippen molar-refractivity contribution >= 4 is 40.7 Å². The van der Waals surface area contributed by atoms with Crippen LogP contribution in [-0.2, 0) is 33.4 Å². The number of aromatic nitrogens is 1. The number of ether oxygens (including phenoxy) is 3. The van der Waals surface area contributed by atoms with Crippen LogP contribution in [0.15, 0.2) is 36.4 Å². The lowest BCUT2D eigenvalue weighted by molar-refractivity contribution is -0.207. The number of carbonyl (C=O) groups is 4. The van der Waals surface area contributed by atoms with Crippen LogP contribution in [0.5, 0.6) is 0 Å². The van der Waals surface area contributed by atoms with Crippen molar-refractivity contribution in [2.75, 3.05) is 19.8 Å². The van der Waals surface area contributed by atoms with Gasteiger partial charge in [0.15, 0.2) is 5.79 Å². The SMILES string of the molecule is CC(C)[C@@H]1NC(=O)COC(C)(C)OC/C=C/c2ccc3ccc(nc3c2)[C@@H](C)OC(=O)[C@@H]2CCCN(N2)C(=O)[C@H](C)NC1=O. The Balaban J connectivity index is 1.58. The molecule has 44 heavy (non-hydrogen) atoms. The highest BCUT2D eigenvalue weighted by Crippen LogP contribution is 2.22. The number of hydrogen-bond acceptors (Lipinski definition) is 9. The number of carbonyl (C=O) groups excluding carboxylic acids is 4. The molecule has 2 aromatic rings. The molecule has 12 heteroatoms. The summed E-state index contributed by atoms with van der Waals surface area (Å²) < 4.78 is 17.3. The lowest BCUT2D eigenvalue weighted by Gasteiger charge is -2.35. The van der Waals surface area contributed by atoms with Gasteiger partial charge in [-0.05, 0) is 64.2 Å². The van der Waals surface area contributed by atoms with Crippen LogP contribution in [0, 0.1) is 5.92 Å². The van der Waals surface area contributed by atoms with Gasteiger partial charge in [-0.25, -0.2) is 10.4 Å². The van der Waals surface area contributed by atoms with Crippen LogP contribution in [0.4, 0.5) is 0 Å². The standard InChI is InChI=1S/C32H43N5O7/c1-19(2)28-29(39)33-20(3)30(40)37-15-7-10-25(36-37)31(41)44-21(4)24-14-13-23-12-11-22(17-26(23)34-24)9-8-16-42-32(5,6)43-18-27(38)35-28/h8-9,11-14,17,19-21,25,28,36H,7,10,15-16,18H2,1-6H3,(H,33,39)(H,35,38)/b9-8+/t20-,21+,25-,28-/m0/s1. The summed E-state index contributed by atoms with van der Waals surface area (Å²) in [6.07, 6.45) is 4.18. The van der Waals surface area contributed by atoms with Crippen molar-refractivity contribution in [3.8, 4) is 0 Å². The minimum absolute atomic E-state index is 0.224. The van der Waals surface area contributed by atoms with Crippen molar-refractivity contribution in [2.24, 2.45) is 5.92 Å². The number of cyclic esters (lactones) is 1. The van der Waals surface area contributed by atoms with Gasteiger partial charge in [-0.15, -0.1) is 0 Å². The molecule has 4 rings (SSSR count).